The average Bonchev–Trinajstić information content (AvgIpc) is 2.67. The Morgan fingerprint density at radius 2 is 1.55 bits per heavy atom. The van der Waals surface area contributed by atoms with Gasteiger partial charge in [0.25, 0.3) is 0 Å². The SMILES string of the molecule is CC(=O)c1ccc(S(=O)(=O)N2CCC(C(=O)Nc3cc(F)cc(F)c3)CC2)cc1. The molecule has 1 aliphatic heterocycles. The molecule has 154 valence electrons. The summed E-state index contributed by atoms with van der Waals surface area (Å²) in [5.41, 5.74) is 0.446. The van der Waals surface area contributed by atoms with Crippen LogP contribution in [-0.2, 0) is 14.8 Å². The van der Waals surface area contributed by atoms with E-state index in [1.165, 1.54) is 35.5 Å². The molecule has 0 aliphatic carbocycles. The summed E-state index contributed by atoms with van der Waals surface area (Å²) in [5, 5.41) is 2.48. The molecule has 0 spiro atoms. The largest absolute Gasteiger partial charge is 0.326 e. The van der Waals surface area contributed by atoms with Gasteiger partial charge in [-0.2, -0.15) is 4.31 Å². The molecule has 1 amide bonds. The van der Waals surface area contributed by atoms with Gasteiger partial charge in [-0.1, -0.05) is 12.1 Å². The number of carbonyl (C=O) groups excluding carboxylic acids is 2. The number of amides is 1. The van der Waals surface area contributed by atoms with E-state index in [9.17, 15) is 26.8 Å². The number of Topliss-reactive ketones (excluding diaryl/α,β-unsaturated/α-hetero) is 1. The molecule has 1 saturated heterocycles. The van der Waals surface area contributed by atoms with E-state index in [4.69, 9.17) is 0 Å². The van der Waals surface area contributed by atoms with Crippen molar-refractivity contribution < 1.29 is 26.8 Å². The third kappa shape index (κ3) is 4.86. The zero-order chi connectivity index (χ0) is 21.2. The Balaban J connectivity index is 1.63. The van der Waals surface area contributed by atoms with Crippen molar-refractivity contribution >= 4 is 27.4 Å². The van der Waals surface area contributed by atoms with Gasteiger partial charge in [-0.15, -0.1) is 0 Å². The summed E-state index contributed by atoms with van der Waals surface area (Å²) in [6.07, 6.45) is 0.572. The van der Waals surface area contributed by atoms with Crippen molar-refractivity contribution in [3.63, 3.8) is 0 Å². The molecule has 0 radical (unpaired) electrons. The third-order valence-corrected chi connectivity index (χ3v) is 6.77. The van der Waals surface area contributed by atoms with E-state index >= 15 is 0 Å². The van der Waals surface area contributed by atoms with Gasteiger partial charge in [0.15, 0.2) is 5.78 Å². The maximum Gasteiger partial charge on any atom is 0.243 e. The number of piperidine rings is 1. The van der Waals surface area contributed by atoms with Gasteiger partial charge in [0, 0.05) is 36.3 Å². The number of nitrogens with zero attached hydrogens (tertiary/aromatic N) is 1. The second-order valence-corrected chi connectivity index (χ2v) is 8.84. The Morgan fingerprint density at radius 3 is 2.07 bits per heavy atom. The molecule has 6 nitrogen and oxygen atoms in total. The number of anilines is 1. The maximum atomic E-state index is 13.3. The standard InChI is InChI=1S/C20H20F2N2O4S/c1-13(25)14-2-4-19(5-3-14)29(27,28)24-8-6-15(7-9-24)20(26)23-18-11-16(21)10-17(22)12-18/h2-5,10-12,15H,6-9H2,1H3,(H,23,26). The first kappa shape index (κ1) is 21.1. The van der Waals surface area contributed by atoms with Crippen LogP contribution in [-0.4, -0.2) is 37.5 Å². The van der Waals surface area contributed by atoms with E-state index in [2.05, 4.69) is 5.32 Å². The van der Waals surface area contributed by atoms with Gasteiger partial charge in [0.05, 0.1) is 4.90 Å². The van der Waals surface area contributed by atoms with Crippen LogP contribution in [0.15, 0.2) is 47.4 Å². The van der Waals surface area contributed by atoms with Gasteiger partial charge >= 0.3 is 0 Å². The van der Waals surface area contributed by atoms with Crippen LogP contribution in [0.3, 0.4) is 0 Å². The van der Waals surface area contributed by atoms with Crippen LogP contribution in [0.4, 0.5) is 14.5 Å². The lowest BCUT2D eigenvalue weighted by atomic mass is 9.97. The van der Waals surface area contributed by atoms with Crippen LogP contribution in [0.5, 0.6) is 0 Å². The van der Waals surface area contributed by atoms with Crippen LogP contribution in [0.25, 0.3) is 0 Å². The lowest BCUT2D eigenvalue weighted by Gasteiger charge is -2.30. The van der Waals surface area contributed by atoms with Crippen molar-refractivity contribution in [3.05, 3.63) is 59.7 Å². The van der Waals surface area contributed by atoms with E-state index in [-0.39, 0.29) is 42.3 Å². The summed E-state index contributed by atoms with van der Waals surface area (Å²) in [7, 11) is -3.73. The fraction of sp³-hybridized carbons (Fsp3) is 0.300. The molecule has 0 unspecified atom stereocenters. The zero-order valence-corrected chi connectivity index (χ0v) is 16.5. The Hall–Kier alpha value is -2.65. The number of rotatable bonds is 5. The summed E-state index contributed by atoms with van der Waals surface area (Å²) in [4.78, 5) is 23.8. The predicted molar refractivity (Wildman–Crippen MR) is 103 cm³/mol. The molecule has 9 heteroatoms. The highest BCUT2D eigenvalue weighted by Gasteiger charge is 2.32. The van der Waals surface area contributed by atoms with E-state index in [0.717, 1.165) is 12.1 Å². The Morgan fingerprint density at radius 1 is 1.00 bits per heavy atom. The number of sulfonamides is 1. The van der Waals surface area contributed by atoms with Gasteiger partial charge in [-0.05, 0) is 44.0 Å². The fourth-order valence-electron chi connectivity index (χ4n) is 3.24. The molecule has 2 aromatic rings. The number of benzene rings is 2. The van der Waals surface area contributed by atoms with Gasteiger partial charge in [-0.3, -0.25) is 9.59 Å². The van der Waals surface area contributed by atoms with E-state index in [0.29, 0.717) is 11.6 Å². The molecule has 1 aliphatic rings. The Kier molecular flexibility index (Phi) is 6.09. The first-order chi connectivity index (χ1) is 13.7. The highest BCUT2D eigenvalue weighted by atomic mass is 32.2. The molecule has 1 N–H and O–H groups in total. The van der Waals surface area contributed by atoms with Crippen LogP contribution in [0.2, 0.25) is 0 Å². The smallest absolute Gasteiger partial charge is 0.243 e. The van der Waals surface area contributed by atoms with E-state index in [1.807, 2.05) is 0 Å². The van der Waals surface area contributed by atoms with E-state index < -0.39 is 33.5 Å². The average molecular weight is 422 g/mol. The molecule has 1 fully saturated rings. The van der Waals surface area contributed by atoms with Crippen molar-refractivity contribution in [3.8, 4) is 0 Å². The molecule has 0 bridgehead atoms. The topological polar surface area (TPSA) is 83.6 Å². The minimum atomic E-state index is -3.73. The van der Waals surface area contributed by atoms with Crippen molar-refractivity contribution in [2.75, 3.05) is 18.4 Å². The van der Waals surface area contributed by atoms with Crippen molar-refractivity contribution in [2.45, 2.75) is 24.7 Å². The first-order valence-electron chi connectivity index (χ1n) is 9.05. The molecule has 2 aromatic carbocycles. The lowest BCUT2D eigenvalue weighted by Crippen LogP contribution is -2.41. The van der Waals surface area contributed by atoms with E-state index in [1.54, 1.807) is 0 Å². The second kappa shape index (κ2) is 8.38. The lowest BCUT2D eigenvalue weighted by molar-refractivity contribution is -0.120. The summed E-state index contributed by atoms with van der Waals surface area (Å²) >= 11 is 0. The highest BCUT2D eigenvalue weighted by Crippen LogP contribution is 2.25. The van der Waals surface area contributed by atoms with Crippen LogP contribution in [0, 0.1) is 17.6 Å². The highest BCUT2D eigenvalue weighted by molar-refractivity contribution is 7.89. The number of halogens is 2. The van der Waals surface area contributed by atoms with Crippen LogP contribution >= 0.6 is 0 Å². The zero-order valence-electron chi connectivity index (χ0n) is 15.7. The minimum Gasteiger partial charge on any atom is -0.326 e. The summed E-state index contributed by atoms with van der Waals surface area (Å²) in [6, 6.07) is 8.46. The van der Waals surface area contributed by atoms with Gasteiger partial charge in [0.2, 0.25) is 15.9 Å². The Bertz CT molecular complexity index is 1010. The number of ketones is 1. The van der Waals surface area contributed by atoms with Gasteiger partial charge in [-0.25, -0.2) is 17.2 Å². The van der Waals surface area contributed by atoms with Crippen molar-refractivity contribution in [2.24, 2.45) is 5.92 Å². The molecule has 3 rings (SSSR count). The molecule has 1 heterocycles. The number of hydrogen-bond donors (Lipinski definition) is 1. The second-order valence-electron chi connectivity index (χ2n) is 6.91. The molecule has 0 aromatic heterocycles. The normalized spacial score (nSPS) is 15.8. The number of hydrogen-bond acceptors (Lipinski definition) is 4. The van der Waals surface area contributed by atoms with Crippen LogP contribution < -0.4 is 5.32 Å². The molecule has 0 atom stereocenters. The molecular formula is C20H20F2N2O4S. The fourth-order valence-corrected chi connectivity index (χ4v) is 4.71. The quantitative estimate of drug-likeness (QED) is 0.750. The number of carbonyl (C=O) groups is 2. The van der Waals surface area contributed by atoms with Crippen molar-refractivity contribution in [1.29, 1.82) is 0 Å². The van der Waals surface area contributed by atoms with Gasteiger partial charge < -0.3 is 5.32 Å². The third-order valence-electron chi connectivity index (χ3n) is 4.85. The predicted octanol–water partition coefficient (Wildman–Crippen LogP) is 3.21. The molecule has 0 saturated carbocycles. The van der Waals surface area contributed by atoms with Crippen LogP contribution in [0.1, 0.15) is 30.1 Å². The first-order valence-corrected chi connectivity index (χ1v) is 10.5. The molecular weight excluding hydrogens is 402 g/mol. The summed E-state index contributed by atoms with van der Waals surface area (Å²) in [6.45, 7) is 1.69. The Labute approximate surface area is 167 Å². The summed E-state index contributed by atoms with van der Waals surface area (Å²) in [5.74, 6) is -2.61. The molecule has 29 heavy (non-hydrogen) atoms. The minimum absolute atomic E-state index is 0.0214. The summed E-state index contributed by atoms with van der Waals surface area (Å²) < 4.78 is 53.3. The van der Waals surface area contributed by atoms with Gasteiger partial charge in [0.1, 0.15) is 11.6 Å². The number of nitrogens with one attached hydrogen (secondary N) is 1. The monoisotopic (exact) mass is 422 g/mol. The van der Waals surface area contributed by atoms with Crippen molar-refractivity contribution in [1.82, 2.24) is 4.31 Å². The maximum absolute atomic E-state index is 13.3.